The molecule has 1 heterocycles. The molecule has 0 aliphatic carbocycles. The van der Waals surface area contributed by atoms with E-state index in [0.29, 0.717) is 18.7 Å². The normalized spacial score (nSPS) is 17.5. The number of benzene rings is 1. The minimum atomic E-state index is -0.400. The molecule has 0 aromatic heterocycles. The van der Waals surface area contributed by atoms with E-state index in [2.05, 4.69) is 16.0 Å². The van der Waals surface area contributed by atoms with Gasteiger partial charge in [0, 0.05) is 18.7 Å². The third-order valence-corrected chi connectivity index (χ3v) is 3.52. The fourth-order valence-corrected chi connectivity index (χ4v) is 2.23. The lowest BCUT2D eigenvalue weighted by atomic mass is 10.1. The minimum absolute atomic E-state index is 0.0388. The van der Waals surface area contributed by atoms with Gasteiger partial charge in [0.05, 0.1) is 6.04 Å². The summed E-state index contributed by atoms with van der Waals surface area (Å²) in [4.78, 5) is 23.5. The Morgan fingerprint density at radius 2 is 2.10 bits per heavy atom. The SMILES string of the molecule is Cc1ccc(C(=O)NCCNC(=O)C2CCCN2)cc1F. The van der Waals surface area contributed by atoms with Gasteiger partial charge in [-0.15, -0.1) is 0 Å². The molecule has 1 aromatic carbocycles. The molecule has 1 aliphatic heterocycles. The maximum atomic E-state index is 13.4. The maximum Gasteiger partial charge on any atom is 0.251 e. The highest BCUT2D eigenvalue weighted by molar-refractivity contribution is 5.94. The number of halogens is 1. The van der Waals surface area contributed by atoms with E-state index in [4.69, 9.17) is 0 Å². The van der Waals surface area contributed by atoms with Crippen LogP contribution in [0.25, 0.3) is 0 Å². The van der Waals surface area contributed by atoms with Crippen LogP contribution in [0.2, 0.25) is 0 Å². The summed E-state index contributed by atoms with van der Waals surface area (Å²) >= 11 is 0. The number of aryl methyl sites for hydroxylation is 1. The van der Waals surface area contributed by atoms with Gasteiger partial charge < -0.3 is 16.0 Å². The monoisotopic (exact) mass is 293 g/mol. The third-order valence-electron chi connectivity index (χ3n) is 3.52. The summed E-state index contributed by atoms with van der Waals surface area (Å²) in [6.07, 6.45) is 1.86. The van der Waals surface area contributed by atoms with Gasteiger partial charge in [-0.25, -0.2) is 4.39 Å². The van der Waals surface area contributed by atoms with Gasteiger partial charge >= 0.3 is 0 Å². The lowest BCUT2D eigenvalue weighted by Crippen LogP contribution is -2.43. The van der Waals surface area contributed by atoms with Gasteiger partial charge in [-0.2, -0.15) is 0 Å². The molecule has 1 aromatic rings. The molecule has 3 N–H and O–H groups in total. The van der Waals surface area contributed by atoms with Crippen molar-refractivity contribution in [2.24, 2.45) is 0 Å². The zero-order valence-corrected chi connectivity index (χ0v) is 12.0. The topological polar surface area (TPSA) is 70.2 Å². The van der Waals surface area contributed by atoms with Crippen molar-refractivity contribution in [1.82, 2.24) is 16.0 Å². The van der Waals surface area contributed by atoms with Crippen LogP contribution in [0.15, 0.2) is 18.2 Å². The number of amides is 2. The van der Waals surface area contributed by atoms with Crippen LogP contribution < -0.4 is 16.0 Å². The number of hydrogen-bond donors (Lipinski definition) is 3. The lowest BCUT2D eigenvalue weighted by Gasteiger charge is -2.11. The summed E-state index contributed by atoms with van der Waals surface area (Å²) in [5.41, 5.74) is 0.782. The van der Waals surface area contributed by atoms with E-state index in [0.717, 1.165) is 19.4 Å². The average molecular weight is 293 g/mol. The van der Waals surface area contributed by atoms with Crippen molar-refractivity contribution in [3.05, 3.63) is 35.1 Å². The number of carbonyl (C=O) groups excluding carboxylic acids is 2. The molecule has 2 amide bonds. The molecule has 6 heteroatoms. The van der Waals surface area contributed by atoms with Crippen LogP contribution in [0, 0.1) is 12.7 Å². The van der Waals surface area contributed by atoms with Crippen LogP contribution >= 0.6 is 0 Å². The Balaban J connectivity index is 1.71. The number of rotatable bonds is 5. The summed E-state index contributed by atoms with van der Waals surface area (Å²) < 4.78 is 13.4. The van der Waals surface area contributed by atoms with Crippen LogP contribution in [0.5, 0.6) is 0 Å². The predicted molar refractivity (Wildman–Crippen MR) is 77.5 cm³/mol. The number of nitrogens with one attached hydrogen (secondary N) is 3. The third kappa shape index (κ3) is 4.26. The molecule has 1 saturated heterocycles. The first-order valence-corrected chi connectivity index (χ1v) is 7.13. The van der Waals surface area contributed by atoms with E-state index < -0.39 is 5.82 Å². The van der Waals surface area contributed by atoms with Crippen molar-refractivity contribution in [1.29, 1.82) is 0 Å². The fraction of sp³-hybridized carbons (Fsp3) is 0.467. The first kappa shape index (κ1) is 15.4. The van der Waals surface area contributed by atoms with E-state index >= 15 is 0 Å². The molecule has 1 unspecified atom stereocenters. The van der Waals surface area contributed by atoms with E-state index in [9.17, 15) is 14.0 Å². The molecule has 1 atom stereocenters. The quantitative estimate of drug-likeness (QED) is 0.701. The van der Waals surface area contributed by atoms with Crippen LogP contribution in [-0.4, -0.2) is 37.5 Å². The van der Waals surface area contributed by atoms with Crippen molar-refractivity contribution in [2.75, 3.05) is 19.6 Å². The summed E-state index contributed by atoms with van der Waals surface area (Å²) in [7, 11) is 0. The fourth-order valence-electron chi connectivity index (χ4n) is 2.23. The zero-order valence-electron chi connectivity index (χ0n) is 12.0. The van der Waals surface area contributed by atoms with Gasteiger partial charge in [-0.1, -0.05) is 6.07 Å². The van der Waals surface area contributed by atoms with Gasteiger partial charge in [0.15, 0.2) is 0 Å². The molecular formula is C15H20FN3O2. The van der Waals surface area contributed by atoms with E-state index in [-0.39, 0.29) is 23.4 Å². The van der Waals surface area contributed by atoms with E-state index in [1.165, 1.54) is 6.07 Å². The molecule has 1 fully saturated rings. The Hall–Kier alpha value is -1.95. The molecule has 21 heavy (non-hydrogen) atoms. The smallest absolute Gasteiger partial charge is 0.251 e. The Morgan fingerprint density at radius 1 is 1.33 bits per heavy atom. The first-order chi connectivity index (χ1) is 10.1. The Bertz CT molecular complexity index is 528. The highest BCUT2D eigenvalue weighted by Gasteiger charge is 2.21. The standard InChI is InChI=1S/C15H20FN3O2/c1-10-4-5-11(9-12(10)16)14(20)18-7-8-19-15(21)13-3-2-6-17-13/h4-5,9,13,17H,2-3,6-8H2,1H3,(H,18,20)(H,19,21). The number of carbonyl (C=O) groups is 2. The Morgan fingerprint density at radius 3 is 2.76 bits per heavy atom. The van der Waals surface area contributed by atoms with E-state index in [1.54, 1.807) is 19.1 Å². The molecule has 0 radical (unpaired) electrons. The lowest BCUT2D eigenvalue weighted by molar-refractivity contribution is -0.122. The van der Waals surface area contributed by atoms with Gasteiger partial charge in [0.1, 0.15) is 5.82 Å². The summed E-state index contributed by atoms with van der Waals surface area (Å²) in [5.74, 6) is -0.784. The summed E-state index contributed by atoms with van der Waals surface area (Å²) in [5, 5.41) is 8.51. The van der Waals surface area contributed by atoms with Crippen molar-refractivity contribution < 1.29 is 14.0 Å². The van der Waals surface area contributed by atoms with Crippen LogP contribution in [0.1, 0.15) is 28.8 Å². The predicted octanol–water partition coefficient (Wildman–Crippen LogP) is 0.732. The molecule has 0 saturated carbocycles. The molecule has 114 valence electrons. The molecule has 0 bridgehead atoms. The maximum absolute atomic E-state index is 13.4. The van der Waals surface area contributed by atoms with Gasteiger partial charge in [0.25, 0.3) is 5.91 Å². The Kier molecular flexibility index (Phi) is 5.27. The van der Waals surface area contributed by atoms with Crippen molar-refractivity contribution >= 4 is 11.8 Å². The van der Waals surface area contributed by atoms with Crippen molar-refractivity contribution in [3.8, 4) is 0 Å². The molecular weight excluding hydrogens is 273 g/mol. The molecule has 1 aliphatic rings. The zero-order chi connectivity index (χ0) is 15.2. The second kappa shape index (κ2) is 7.17. The highest BCUT2D eigenvalue weighted by Crippen LogP contribution is 2.08. The average Bonchev–Trinajstić information content (AvgIpc) is 3.00. The second-order valence-electron chi connectivity index (χ2n) is 5.16. The largest absolute Gasteiger partial charge is 0.353 e. The van der Waals surface area contributed by atoms with Crippen molar-refractivity contribution in [2.45, 2.75) is 25.8 Å². The van der Waals surface area contributed by atoms with Gasteiger partial charge in [0.2, 0.25) is 5.91 Å². The van der Waals surface area contributed by atoms with E-state index in [1.807, 2.05) is 0 Å². The van der Waals surface area contributed by atoms with Crippen molar-refractivity contribution in [3.63, 3.8) is 0 Å². The Labute approximate surface area is 123 Å². The first-order valence-electron chi connectivity index (χ1n) is 7.13. The molecule has 2 rings (SSSR count). The minimum Gasteiger partial charge on any atom is -0.353 e. The second-order valence-corrected chi connectivity index (χ2v) is 5.16. The molecule has 0 spiro atoms. The molecule has 5 nitrogen and oxygen atoms in total. The summed E-state index contributed by atoms with van der Waals surface area (Å²) in [6, 6.07) is 4.24. The van der Waals surface area contributed by atoms with Gasteiger partial charge in [-0.3, -0.25) is 9.59 Å². The van der Waals surface area contributed by atoms with Crippen LogP contribution in [-0.2, 0) is 4.79 Å². The number of hydrogen-bond acceptors (Lipinski definition) is 3. The van der Waals surface area contributed by atoms with Gasteiger partial charge in [-0.05, 0) is 44.0 Å². The van der Waals surface area contributed by atoms with Crippen LogP contribution in [0.4, 0.5) is 4.39 Å². The van der Waals surface area contributed by atoms with Crippen LogP contribution in [0.3, 0.4) is 0 Å². The highest BCUT2D eigenvalue weighted by atomic mass is 19.1. The summed E-state index contributed by atoms with van der Waals surface area (Å²) in [6.45, 7) is 3.18.